The number of rotatable bonds is 9. The molecule has 0 atom stereocenters. The molecule has 3 aromatic heterocycles. The highest BCUT2D eigenvalue weighted by molar-refractivity contribution is 7.17. The van der Waals surface area contributed by atoms with Crippen LogP contribution in [0, 0.1) is 6.92 Å². The predicted molar refractivity (Wildman–Crippen MR) is 135 cm³/mol. The number of aromatic nitrogens is 4. The molecule has 1 aliphatic rings. The third-order valence-corrected chi connectivity index (χ3v) is 7.00. The minimum absolute atomic E-state index is 0.114. The lowest BCUT2D eigenvalue weighted by molar-refractivity contribution is 0.102. The van der Waals surface area contributed by atoms with Crippen molar-refractivity contribution in [1.29, 1.82) is 0 Å². The molecule has 0 bridgehead atoms. The van der Waals surface area contributed by atoms with Crippen molar-refractivity contribution in [3.63, 3.8) is 0 Å². The molecule has 1 amide bonds. The molecule has 0 aliphatic heterocycles. The normalized spacial score (nSPS) is 13.8. The van der Waals surface area contributed by atoms with Crippen molar-refractivity contribution in [2.24, 2.45) is 0 Å². The van der Waals surface area contributed by atoms with Crippen LogP contribution in [0.1, 0.15) is 40.2 Å². The summed E-state index contributed by atoms with van der Waals surface area (Å²) in [5, 5.41) is 21.0. The second-order valence-corrected chi connectivity index (χ2v) is 9.60. The summed E-state index contributed by atoms with van der Waals surface area (Å²) in [4.78, 5) is 21.9. The fraction of sp³-hybridized carbons (Fsp3) is 0.269. The number of amides is 1. The van der Waals surface area contributed by atoms with E-state index >= 15 is 0 Å². The molecule has 3 heterocycles. The van der Waals surface area contributed by atoms with Crippen LogP contribution in [0.4, 0.5) is 5.13 Å². The van der Waals surface area contributed by atoms with E-state index in [1.165, 1.54) is 0 Å². The van der Waals surface area contributed by atoms with E-state index < -0.39 is 0 Å². The van der Waals surface area contributed by atoms with Crippen LogP contribution in [0.2, 0.25) is 0 Å². The molecule has 10 heteroatoms. The molecule has 0 radical (unpaired) electrons. The summed E-state index contributed by atoms with van der Waals surface area (Å²) in [5.41, 5.74) is 4.35. The van der Waals surface area contributed by atoms with Gasteiger partial charge in [0.05, 0.1) is 25.0 Å². The van der Waals surface area contributed by atoms with Gasteiger partial charge >= 0.3 is 0 Å². The number of anilines is 1. The first-order chi connectivity index (χ1) is 17.5. The first-order valence-electron chi connectivity index (χ1n) is 11.5. The van der Waals surface area contributed by atoms with Gasteiger partial charge in [0.25, 0.3) is 11.1 Å². The van der Waals surface area contributed by atoms with E-state index in [-0.39, 0.29) is 24.5 Å². The average molecular weight is 504 g/mol. The van der Waals surface area contributed by atoms with E-state index in [0.29, 0.717) is 27.2 Å². The zero-order chi connectivity index (χ0) is 25.1. The second kappa shape index (κ2) is 10.00. The molecular weight excluding hydrogens is 478 g/mol. The van der Waals surface area contributed by atoms with Gasteiger partial charge in [0.2, 0.25) is 5.13 Å². The van der Waals surface area contributed by atoms with E-state index in [0.717, 1.165) is 46.7 Å². The summed E-state index contributed by atoms with van der Waals surface area (Å²) in [6.45, 7) is 2.23. The Morgan fingerprint density at radius 3 is 2.67 bits per heavy atom. The van der Waals surface area contributed by atoms with Crippen LogP contribution < -0.4 is 14.8 Å². The van der Waals surface area contributed by atoms with E-state index in [1.807, 2.05) is 49.4 Å². The number of aliphatic hydroxyl groups is 1. The number of para-hydroxylation sites is 1. The maximum atomic E-state index is 13.1. The minimum Gasteiger partial charge on any atom is -0.496 e. The zero-order valence-corrected chi connectivity index (χ0v) is 20.7. The Balaban J connectivity index is 1.26. The summed E-state index contributed by atoms with van der Waals surface area (Å²) in [5.74, 6) is 0.301. The highest BCUT2D eigenvalue weighted by Gasteiger charge is 2.43. The molecular formula is C26H25N5O4S. The molecule has 5 rings (SSSR count). The third kappa shape index (κ3) is 4.91. The van der Waals surface area contributed by atoms with Crippen molar-refractivity contribution in [2.45, 2.75) is 31.8 Å². The number of aryl methyl sites for hydroxylation is 1. The summed E-state index contributed by atoms with van der Waals surface area (Å²) in [6, 6.07) is 13.2. The van der Waals surface area contributed by atoms with Crippen LogP contribution in [0.3, 0.4) is 0 Å². The highest BCUT2D eigenvalue weighted by Crippen LogP contribution is 2.47. The minimum atomic E-state index is -0.360. The van der Waals surface area contributed by atoms with Crippen LogP contribution in [0.25, 0.3) is 11.1 Å². The van der Waals surface area contributed by atoms with Gasteiger partial charge < -0.3 is 14.6 Å². The number of hydrogen-bond acceptors (Lipinski definition) is 9. The number of ether oxygens (including phenoxy) is 2. The van der Waals surface area contributed by atoms with E-state index in [9.17, 15) is 9.90 Å². The predicted octanol–water partition coefficient (Wildman–Crippen LogP) is 4.17. The third-order valence-electron chi connectivity index (χ3n) is 6.25. The Labute approximate surface area is 212 Å². The summed E-state index contributed by atoms with van der Waals surface area (Å²) < 4.78 is 11.2. The number of aliphatic hydroxyl groups excluding tert-OH is 1. The average Bonchev–Trinajstić information content (AvgIpc) is 3.59. The number of nitrogens with zero attached hydrogens (tertiary/aromatic N) is 4. The van der Waals surface area contributed by atoms with Crippen molar-refractivity contribution in [2.75, 3.05) is 19.0 Å². The Morgan fingerprint density at radius 1 is 1.11 bits per heavy atom. The van der Waals surface area contributed by atoms with Crippen molar-refractivity contribution in [3.05, 3.63) is 77.4 Å². The van der Waals surface area contributed by atoms with E-state index in [2.05, 4.69) is 25.5 Å². The van der Waals surface area contributed by atoms with Crippen molar-refractivity contribution >= 4 is 22.4 Å². The topological polar surface area (TPSA) is 119 Å². The van der Waals surface area contributed by atoms with Gasteiger partial charge in [-0.05, 0) is 54.9 Å². The van der Waals surface area contributed by atoms with E-state index in [4.69, 9.17) is 9.47 Å². The van der Waals surface area contributed by atoms with Crippen LogP contribution in [0.15, 0.2) is 54.9 Å². The van der Waals surface area contributed by atoms with Gasteiger partial charge in [-0.3, -0.25) is 20.1 Å². The van der Waals surface area contributed by atoms with Crippen molar-refractivity contribution < 1.29 is 19.4 Å². The first kappa shape index (κ1) is 23.8. The molecule has 1 saturated carbocycles. The number of carbonyl (C=O) groups excluding carboxylic acids is 1. The van der Waals surface area contributed by atoms with Gasteiger partial charge in [-0.1, -0.05) is 29.4 Å². The van der Waals surface area contributed by atoms with Gasteiger partial charge in [0, 0.05) is 34.6 Å². The number of methoxy groups -OCH3 is 1. The number of hydrogen-bond donors (Lipinski definition) is 2. The number of benzene rings is 1. The van der Waals surface area contributed by atoms with Gasteiger partial charge in [0.1, 0.15) is 12.4 Å². The Hall–Kier alpha value is -3.89. The highest BCUT2D eigenvalue weighted by atomic mass is 32.1. The van der Waals surface area contributed by atoms with Crippen LogP contribution in [-0.2, 0) is 12.0 Å². The molecule has 36 heavy (non-hydrogen) atoms. The smallest absolute Gasteiger partial charge is 0.296 e. The molecule has 1 aromatic carbocycles. The van der Waals surface area contributed by atoms with Crippen LogP contribution >= 0.6 is 11.3 Å². The molecule has 4 aromatic rings. The second-order valence-electron chi connectivity index (χ2n) is 8.66. The molecule has 1 fully saturated rings. The van der Waals surface area contributed by atoms with Gasteiger partial charge in [-0.15, -0.1) is 5.10 Å². The van der Waals surface area contributed by atoms with Crippen molar-refractivity contribution in [1.82, 2.24) is 20.2 Å². The maximum Gasteiger partial charge on any atom is 0.296 e. The molecule has 184 valence electrons. The largest absolute Gasteiger partial charge is 0.496 e. The monoisotopic (exact) mass is 503 g/mol. The molecule has 9 nitrogen and oxygen atoms in total. The zero-order valence-electron chi connectivity index (χ0n) is 19.9. The van der Waals surface area contributed by atoms with Crippen molar-refractivity contribution in [3.8, 4) is 22.1 Å². The standard InChI is InChI=1S/C26H25N5O4S/c1-16-11-20(19-5-3-4-6-22(19)34-2)21(13-27-16)23(33)29-24-30-31-25(36-24)35-14-18-8-7-17(12-28-18)26(15-32)9-10-26/h3-8,11-13,32H,9-10,14-15H2,1-2H3,(H,29,30,33). The summed E-state index contributed by atoms with van der Waals surface area (Å²) in [6.07, 6.45) is 5.31. The lowest BCUT2D eigenvalue weighted by Gasteiger charge is -2.13. The Bertz CT molecular complexity index is 1390. The quantitative estimate of drug-likeness (QED) is 0.349. The molecule has 0 saturated heterocycles. The van der Waals surface area contributed by atoms with Crippen LogP contribution in [0.5, 0.6) is 10.9 Å². The van der Waals surface area contributed by atoms with Crippen LogP contribution in [-0.4, -0.2) is 44.9 Å². The fourth-order valence-electron chi connectivity index (χ4n) is 3.96. The molecule has 0 unspecified atom stereocenters. The van der Waals surface area contributed by atoms with Gasteiger partial charge in [-0.2, -0.15) is 0 Å². The SMILES string of the molecule is COc1ccccc1-c1cc(C)ncc1C(=O)Nc1nnc(OCc2ccc(C3(CO)CC3)cn2)s1. The fourth-order valence-corrected chi connectivity index (χ4v) is 4.55. The van der Waals surface area contributed by atoms with Gasteiger partial charge in [-0.25, -0.2) is 0 Å². The number of pyridine rings is 2. The lowest BCUT2D eigenvalue weighted by Crippen LogP contribution is -2.14. The molecule has 2 N–H and O–H groups in total. The Kier molecular flexibility index (Phi) is 6.62. The molecule has 0 spiro atoms. The molecule has 1 aliphatic carbocycles. The number of carbonyl (C=O) groups is 1. The summed E-state index contributed by atoms with van der Waals surface area (Å²) >= 11 is 1.13. The maximum absolute atomic E-state index is 13.1. The summed E-state index contributed by atoms with van der Waals surface area (Å²) in [7, 11) is 1.60. The van der Waals surface area contributed by atoms with E-state index in [1.54, 1.807) is 19.5 Å². The Morgan fingerprint density at radius 2 is 1.94 bits per heavy atom. The first-order valence-corrected chi connectivity index (χ1v) is 12.3. The van der Waals surface area contributed by atoms with Gasteiger partial charge in [0.15, 0.2) is 0 Å². The lowest BCUT2D eigenvalue weighted by atomic mass is 9.99. The number of nitrogens with one attached hydrogen (secondary N) is 1.